The molecule has 2 aromatic carbocycles. The molecule has 0 atom stereocenters. The molecule has 3 rings (SSSR count). The number of carbonyl (C=O) groups excluding carboxylic acids is 2. The van der Waals surface area contributed by atoms with Crippen molar-refractivity contribution in [2.24, 2.45) is 0 Å². The van der Waals surface area contributed by atoms with Crippen LogP contribution in [0.5, 0.6) is 0 Å². The van der Waals surface area contributed by atoms with E-state index in [1.54, 1.807) is 23.5 Å². The molecule has 0 aliphatic rings. The second-order valence-corrected chi connectivity index (χ2v) is 6.26. The van der Waals surface area contributed by atoms with Gasteiger partial charge in [-0.25, -0.2) is 4.98 Å². The Morgan fingerprint density at radius 1 is 1.12 bits per heavy atom. The zero-order chi connectivity index (χ0) is 16.9. The SMILES string of the molecule is CN(C(=O)CCC(=O)Nc1nccs1)c1ccc2ccccc2c1. The highest BCUT2D eigenvalue weighted by Gasteiger charge is 2.14. The van der Waals surface area contributed by atoms with Gasteiger partial charge in [-0.05, 0) is 22.9 Å². The molecule has 1 heterocycles. The molecule has 1 aromatic heterocycles. The minimum atomic E-state index is -0.204. The Labute approximate surface area is 143 Å². The summed E-state index contributed by atoms with van der Waals surface area (Å²) in [4.78, 5) is 29.7. The third kappa shape index (κ3) is 3.78. The number of carbonyl (C=O) groups is 2. The van der Waals surface area contributed by atoms with Gasteiger partial charge in [-0.2, -0.15) is 0 Å². The minimum absolute atomic E-state index is 0.0976. The van der Waals surface area contributed by atoms with Gasteiger partial charge in [-0.1, -0.05) is 30.3 Å². The fourth-order valence-electron chi connectivity index (χ4n) is 2.38. The number of benzene rings is 2. The lowest BCUT2D eigenvalue weighted by molar-refractivity contribution is -0.122. The van der Waals surface area contributed by atoms with Crippen LogP contribution < -0.4 is 10.2 Å². The lowest BCUT2D eigenvalue weighted by Crippen LogP contribution is -2.27. The van der Waals surface area contributed by atoms with Crippen LogP contribution in [0.3, 0.4) is 0 Å². The molecule has 5 nitrogen and oxygen atoms in total. The predicted molar refractivity (Wildman–Crippen MR) is 97.3 cm³/mol. The molecule has 122 valence electrons. The van der Waals surface area contributed by atoms with Gasteiger partial charge in [0, 0.05) is 37.2 Å². The number of nitrogens with zero attached hydrogens (tertiary/aromatic N) is 2. The van der Waals surface area contributed by atoms with Crippen molar-refractivity contribution < 1.29 is 9.59 Å². The van der Waals surface area contributed by atoms with Crippen molar-refractivity contribution in [2.45, 2.75) is 12.8 Å². The molecule has 1 N–H and O–H groups in total. The number of fused-ring (bicyclic) bond motifs is 1. The molecular formula is C18H17N3O2S. The zero-order valence-electron chi connectivity index (χ0n) is 13.2. The monoisotopic (exact) mass is 339 g/mol. The Balaban J connectivity index is 1.60. The first-order valence-electron chi connectivity index (χ1n) is 7.58. The van der Waals surface area contributed by atoms with Crippen molar-refractivity contribution in [3.8, 4) is 0 Å². The Morgan fingerprint density at radius 3 is 2.67 bits per heavy atom. The summed E-state index contributed by atoms with van der Waals surface area (Å²) in [5.41, 5.74) is 0.819. The Hall–Kier alpha value is -2.73. The Bertz CT molecular complexity index is 862. The normalized spacial score (nSPS) is 10.5. The van der Waals surface area contributed by atoms with Crippen molar-refractivity contribution in [3.05, 3.63) is 54.0 Å². The van der Waals surface area contributed by atoms with Crippen LogP contribution in [0.1, 0.15) is 12.8 Å². The summed E-state index contributed by atoms with van der Waals surface area (Å²) in [6.07, 6.45) is 1.91. The van der Waals surface area contributed by atoms with Crippen LogP contribution in [0, 0.1) is 0 Å². The number of thiazole rings is 1. The van der Waals surface area contributed by atoms with E-state index in [0.29, 0.717) is 5.13 Å². The van der Waals surface area contributed by atoms with E-state index in [9.17, 15) is 9.59 Å². The van der Waals surface area contributed by atoms with Gasteiger partial charge in [0.2, 0.25) is 11.8 Å². The second kappa shape index (κ2) is 7.23. The van der Waals surface area contributed by atoms with E-state index in [1.807, 2.05) is 42.5 Å². The topological polar surface area (TPSA) is 62.3 Å². The van der Waals surface area contributed by atoms with Crippen LogP contribution >= 0.6 is 11.3 Å². The molecule has 0 unspecified atom stereocenters. The summed E-state index contributed by atoms with van der Waals surface area (Å²) in [5.74, 6) is -0.301. The summed E-state index contributed by atoms with van der Waals surface area (Å²) in [7, 11) is 1.73. The minimum Gasteiger partial charge on any atom is -0.315 e. The third-order valence-corrected chi connectivity index (χ3v) is 4.43. The molecule has 6 heteroatoms. The van der Waals surface area contributed by atoms with E-state index in [4.69, 9.17) is 0 Å². The van der Waals surface area contributed by atoms with Gasteiger partial charge in [0.25, 0.3) is 0 Å². The van der Waals surface area contributed by atoms with Crippen LogP contribution in [0.15, 0.2) is 54.0 Å². The first-order valence-corrected chi connectivity index (χ1v) is 8.46. The van der Waals surface area contributed by atoms with E-state index in [2.05, 4.69) is 10.3 Å². The van der Waals surface area contributed by atoms with E-state index in [0.717, 1.165) is 16.5 Å². The number of hydrogen-bond acceptors (Lipinski definition) is 4. The van der Waals surface area contributed by atoms with Gasteiger partial charge in [0.15, 0.2) is 5.13 Å². The van der Waals surface area contributed by atoms with Gasteiger partial charge in [-0.15, -0.1) is 11.3 Å². The highest BCUT2D eigenvalue weighted by molar-refractivity contribution is 7.13. The Morgan fingerprint density at radius 2 is 1.92 bits per heavy atom. The number of hydrogen-bond donors (Lipinski definition) is 1. The highest BCUT2D eigenvalue weighted by atomic mass is 32.1. The fourth-order valence-corrected chi connectivity index (χ4v) is 2.93. The molecule has 2 amide bonds. The number of amides is 2. The summed E-state index contributed by atoms with van der Waals surface area (Å²) in [5, 5.41) is 7.22. The standard InChI is InChI=1S/C18H17N3O2S/c1-21(15-7-6-13-4-2-3-5-14(13)12-15)17(23)9-8-16(22)20-18-19-10-11-24-18/h2-7,10-12H,8-9H2,1H3,(H,19,20,22). The average Bonchev–Trinajstić information content (AvgIpc) is 3.11. The van der Waals surface area contributed by atoms with Crippen LogP contribution in [-0.4, -0.2) is 23.8 Å². The first-order chi connectivity index (χ1) is 11.6. The van der Waals surface area contributed by atoms with E-state index < -0.39 is 0 Å². The van der Waals surface area contributed by atoms with E-state index in [-0.39, 0.29) is 24.7 Å². The zero-order valence-corrected chi connectivity index (χ0v) is 14.0. The largest absolute Gasteiger partial charge is 0.315 e. The smallest absolute Gasteiger partial charge is 0.227 e. The molecule has 0 aliphatic carbocycles. The molecular weight excluding hydrogens is 322 g/mol. The van der Waals surface area contributed by atoms with Gasteiger partial charge >= 0.3 is 0 Å². The van der Waals surface area contributed by atoms with Gasteiger partial charge < -0.3 is 10.2 Å². The maximum Gasteiger partial charge on any atom is 0.227 e. The van der Waals surface area contributed by atoms with Crippen LogP contribution in [-0.2, 0) is 9.59 Å². The Kier molecular flexibility index (Phi) is 4.86. The number of rotatable bonds is 5. The van der Waals surface area contributed by atoms with Crippen molar-refractivity contribution >= 4 is 44.7 Å². The van der Waals surface area contributed by atoms with Crippen LogP contribution in [0.25, 0.3) is 10.8 Å². The second-order valence-electron chi connectivity index (χ2n) is 5.37. The number of anilines is 2. The molecule has 0 aliphatic heterocycles. The van der Waals surface area contributed by atoms with Crippen molar-refractivity contribution in [1.82, 2.24) is 4.98 Å². The average molecular weight is 339 g/mol. The predicted octanol–water partition coefficient (Wildman–Crippen LogP) is 3.68. The van der Waals surface area contributed by atoms with Crippen molar-refractivity contribution in [2.75, 3.05) is 17.3 Å². The molecule has 0 saturated heterocycles. The van der Waals surface area contributed by atoms with Gasteiger partial charge in [0.05, 0.1) is 0 Å². The third-order valence-electron chi connectivity index (χ3n) is 3.74. The van der Waals surface area contributed by atoms with E-state index in [1.165, 1.54) is 11.3 Å². The van der Waals surface area contributed by atoms with Crippen molar-refractivity contribution in [1.29, 1.82) is 0 Å². The molecule has 0 fully saturated rings. The van der Waals surface area contributed by atoms with Gasteiger partial charge in [-0.3, -0.25) is 9.59 Å². The van der Waals surface area contributed by atoms with Gasteiger partial charge in [0.1, 0.15) is 0 Å². The quantitative estimate of drug-likeness (QED) is 0.771. The van der Waals surface area contributed by atoms with Crippen molar-refractivity contribution in [3.63, 3.8) is 0 Å². The first kappa shape index (κ1) is 16.1. The molecule has 24 heavy (non-hydrogen) atoms. The summed E-state index contributed by atoms with van der Waals surface area (Å²) in [6, 6.07) is 13.9. The van der Waals surface area contributed by atoms with Crippen LogP contribution in [0.4, 0.5) is 10.8 Å². The molecule has 0 spiro atoms. The summed E-state index contributed by atoms with van der Waals surface area (Å²) in [6.45, 7) is 0. The lowest BCUT2D eigenvalue weighted by Gasteiger charge is -2.18. The van der Waals surface area contributed by atoms with Crippen LogP contribution in [0.2, 0.25) is 0 Å². The fraction of sp³-hybridized carbons (Fsp3) is 0.167. The molecule has 0 radical (unpaired) electrons. The molecule has 3 aromatic rings. The summed E-state index contributed by atoms with van der Waals surface area (Å²) >= 11 is 1.35. The number of aromatic nitrogens is 1. The molecule has 0 bridgehead atoms. The molecule has 0 saturated carbocycles. The highest BCUT2D eigenvalue weighted by Crippen LogP contribution is 2.22. The number of nitrogens with one attached hydrogen (secondary N) is 1. The summed E-state index contributed by atoms with van der Waals surface area (Å²) < 4.78 is 0. The maximum atomic E-state index is 12.3. The maximum absolute atomic E-state index is 12.3. The lowest BCUT2D eigenvalue weighted by atomic mass is 10.1. The van der Waals surface area contributed by atoms with E-state index >= 15 is 0 Å².